The second-order valence-electron chi connectivity index (χ2n) is 3.26. The van der Waals surface area contributed by atoms with Crippen molar-refractivity contribution in [1.82, 2.24) is 9.97 Å². The van der Waals surface area contributed by atoms with Gasteiger partial charge in [0.2, 0.25) is 5.78 Å². The van der Waals surface area contributed by atoms with E-state index in [1.54, 1.807) is 18.2 Å². The predicted octanol–water partition coefficient (Wildman–Crippen LogP) is 1.41. The van der Waals surface area contributed by atoms with Gasteiger partial charge >= 0.3 is 5.97 Å². The Morgan fingerprint density at radius 1 is 0.941 bits per heavy atom. The smallest absolute Gasteiger partial charge is 0.354 e. The summed E-state index contributed by atoms with van der Waals surface area (Å²) in [4.78, 5) is 30.3. The van der Waals surface area contributed by atoms with E-state index in [0.717, 1.165) is 0 Å². The van der Waals surface area contributed by atoms with E-state index in [0.29, 0.717) is 0 Å². The molecule has 0 atom stereocenters. The van der Waals surface area contributed by atoms with E-state index in [-0.39, 0.29) is 17.1 Å². The van der Waals surface area contributed by atoms with E-state index in [1.807, 2.05) is 0 Å². The van der Waals surface area contributed by atoms with Gasteiger partial charge in [-0.15, -0.1) is 0 Å². The van der Waals surface area contributed by atoms with Crippen molar-refractivity contribution < 1.29 is 14.7 Å². The van der Waals surface area contributed by atoms with Gasteiger partial charge in [-0.1, -0.05) is 12.1 Å². The largest absolute Gasteiger partial charge is 0.477 e. The molecule has 0 bridgehead atoms. The molecule has 5 heteroatoms. The molecule has 5 nitrogen and oxygen atoms in total. The quantitative estimate of drug-likeness (QED) is 0.803. The molecule has 2 aromatic heterocycles. The summed E-state index contributed by atoms with van der Waals surface area (Å²) in [6, 6.07) is 9.20. The molecule has 2 rings (SSSR count). The van der Waals surface area contributed by atoms with E-state index in [2.05, 4.69) is 9.97 Å². The number of ketones is 1. The number of carbonyl (C=O) groups excluding carboxylic acids is 1. The Kier molecular flexibility index (Phi) is 2.91. The van der Waals surface area contributed by atoms with Crippen LogP contribution in [0.2, 0.25) is 0 Å². The normalized spacial score (nSPS) is 9.88. The van der Waals surface area contributed by atoms with Gasteiger partial charge in [-0.05, 0) is 24.3 Å². The lowest BCUT2D eigenvalue weighted by atomic mass is 10.1. The van der Waals surface area contributed by atoms with E-state index < -0.39 is 11.8 Å². The average Bonchev–Trinajstić information content (AvgIpc) is 2.39. The van der Waals surface area contributed by atoms with Crippen LogP contribution in [-0.4, -0.2) is 26.8 Å². The molecule has 0 amide bonds. The lowest BCUT2D eigenvalue weighted by molar-refractivity contribution is 0.0690. The van der Waals surface area contributed by atoms with Crippen LogP contribution in [0, 0.1) is 0 Å². The fourth-order valence-electron chi connectivity index (χ4n) is 1.31. The molecule has 1 N–H and O–H groups in total. The minimum absolute atomic E-state index is 0.0728. The molecule has 17 heavy (non-hydrogen) atoms. The van der Waals surface area contributed by atoms with Crippen LogP contribution in [0.15, 0.2) is 42.6 Å². The number of nitrogens with zero attached hydrogens (tertiary/aromatic N) is 2. The number of hydrogen-bond acceptors (Lipinski definition) is 4. The van der Waals surface area contributed by atoms with Crippen LogP contribution in [-0.2, 0) is 0 Å². The highest BCUT2D eigenvalue weighted by Gasteiger charge is 2.13. The van der Waals surface area contributed by atoms with E-state index in [1.165, 1.54) is 24.4 Å². The molecular formula is C12H8N2O3. The van der Waals surface area contributed by atoms with Gasteiger partial charge in [-0.2, -0.15) is 0 Å². The van der Waals surface area contributed by atoms with Gasteiger partial charge in [-0.3, -0.25) is 9.78 Å². The van der Waals surface area contributed by atoms with E-state index >= 15 is 0 Å². The van der Waals surface area contributed by atoms with Gasteiger partial charge in [0.15, 0.2) is 0 Å². The third kappa shape index (κ3) is 2.34. The van der Waals surface area contributed by atoms with Crippen LogP contribution in [0.5, 0.6) is 0 Å². The van der Waals surface area contributed by atoms with Gasteiger partial charge in [0, 0.05) is 6.20 Å². The molecule has 0 spiro atoms. The molecular weight excluding hydrogens is 220 g/mol. The second-order valence-corrected chi connectivity index (χ2v) is 3.26. The summed E-state index contributed by atoms with van der Waals surface area (Å²) in [6.07, 6.45) is 1.49. The first-order valence-corrected chi connectivity index (χ1v) is 4.84. The molecule has 2 aromatic rings. The average molecular weight is 228 g/mol. The van der Waals surface area contributed by atoms with Crippen LogP contribution in [0.1, 0.15) is 26.7 Å². The zero-order chi connectivity index (χ0) is 12.3. The van der Waals surface area contributed by atoms with Gasteiger partial charge in [0.05, 0.1) is 0 Å². The number of aromatic nitrogens is 2. The maximum atomic E-state index is 11.9. The molecule has 0 aliphatic rings. The first-order valence-electron chi connectivity index (χ1n) is 4.84. The molecule has 2 heterocycles. The Labute approximate surface area is 96.8 Å². The maximum Gasteiger partial charge on any atom is 0.354 e. The molecule has 0 aliphatic carbocycles. The van der Waals surface area contributed by atoms with Gasteiger partial charge < -0.3 is 5.11 Å². The standard InChI is InChI=1S/C12H8N2O3/c15-11(8-4-1-2-7-13-8)9-5-3-6-10(14-9)12(16)17/h1-7H,(H,16,17). The molecule has 0 fully saturated rings. The van der Waals surface area contributed by atoms with Crippen molar-refractivity contribution in [3.8, 4) is 0 Å². The van der Waals surface area contributed by atoms with E-state index in [9.17, 15) is 9.59 Å². The first-order chi connectivity index (χ1) is 8.18. The van der Waals surface area contributed by atoms with Crippen molar-refractivity contribution in [2.45, 2.75) is 0 Å². The summed E-state index contributed by atoms with van der Waals surface area (Å²) in [5.41, 5.74) is 0.151. The third-order valence-corrected chi connectivity index (χ3v) is 2.10. The topological polar surface area (TPSA) is 80.1 Å². The van der Waals surface area contributed by atoms with Crippen LogP contribution >= 0.6 is 0 Å². The minimum Gasteiger partial charge on any atom is -0.477 e. The number of rotatable bonds is 3. The first kappa shape index (κ1) is 10.9. The fraction of sp³-hybridized carbons (Fsp3) is 0. The van der Waals surface area contributed by atoms with Crippen molar-refractivity contribution in [3.05, 3.63) is 59.7 Å². The highest BCUT2D eigenvalue weighted by atomic mass is 16.4. The molecule has 84 valence electrons. The predicted molar refractivity (Wildman–Crippen MR) is 58.9 cm³/mol. The number of aromatic carboxylic acids is 1. The highest BCUT2D eigenvalue weighted by molar-refractivity contribution is 6.06. The number of carboxylic acids is 1. The Balaban J connectivity index is 2.38. The maximum absolute atomic E-state index is 11.9. The molecule has 0 unspecified atom stereocenters. The van der Waals surface area contributed by atoms with Crippen LogP contribution in [0.3, 0.4) is 0 Å². The molecule has 0 aromatic carbocycles. The summed E-state index contributed by atoms with van der Waals surface area (Å²) in [5.74, 6) is -1.56. The molecule has 0 aliphatic heterocycles. The van der Waals surface area contributed by atoms with Crippen molar-refractivity contribution >= 4 is 11.8 Å². The molecule has 0 saturated heterocycles. The zero-order valence-electron chi connectivity index (χ0n) is 8.70. The summed E-state index contributed by atoms with van der Waals surface area (Å²) in [5, 5.41) is 8.77. The monoisotopic (exact) mass is 228 g/mol. The van der Waals surface area contributed by atoms with Crippen molar-refractivity contribution in [3.63, 3.8) is 0 Å². The van der Waals surface area contributed by atoms with Crippen molar-refractivity contribution in [2.75, 3.05) is 0 Å². The molecule has 0 saturated carbocycles. The number of carboxylic acid groups (broad SMARTS) is 1. The van der Waals surface area contributed by atoms with Crippen LogP contribution in [0.25, 0.3) is 0 Å². The van der Waals surface area contributed by atoms with Crippen molar-refractivity contribution in [2.24, 2.45) is 0 Å². The minimum atomic E-state index is -1.17. The lowest BCUT2D eigenvalue weighted by Crippen LogP contribution is -2.09. The van der Waals surface area contributed by atoms with Crippen molar-refractivity contribution in [1.29, 1.82) is 0 Å². The fourth-order valence-corrected chi connectivity index (χ4v) is 1.31. The van der Waals surface area contributed by atoms with E-state index in [4.69, 9.17) is 5.11 Å². The number of carbonyl (C=O) groups is 2. The Morgan fingerprint density at radius 3 is 2.29 bits per heavy atom. The summed E-state index contributed by atoms with van der Waals surface area (Å²) in [7, 11) is 0. The summed E-state index contributed by atoms with van der Waals surface area (Å²) in [6.45, 7) is 0. The number of hydrogen-bond donors (Lipinski definition) is 1. The SMILES string of the molecule is O=C(O)c1cccc(C(=O)c2ccccn2)n1. The van der Waals surface area contributed by atoms with Crippen LogP contribution < -0.4 is 0 Å². The zero-order valence-corrected chi connectivity index (χ0v) is 8.70. The Hall–Kier alpha value is -2.56. The van der Waals surface area contributed by atoms with Gasteiger partial charge in [-0.25, -0.2) is 9.78 Å². The second kappa shape index (κ2) is 4.52. The third-order valence-electron chi connectivity index (χ3n) is 2.10. The molecule has 0 radical (unpaired) electrons. The van der Waals surface area contributed by atoms with Crippen LogP contribution in [0.4, 0.5) is 0 Å². The number of pyridine rings is 2. The summed E-state index contributed by atoms with van der Waals surface area (Å²) < 4.78 is 0. The lowest BCUT2D eigenvalue weighted by Gasteiger charge is -2.00. The Bertz CT molecular complexity index is 567. The Morgan fingerprint density at radius 2 is 1.65 bits per heavy atom. The van der Waals surface area contributed by atoms with Gasteiger partial charge in [0.1, 0.15) is 17.1 Å². The van der Waals surface area contributed by atoms with Gasteiger partial charge in [0.25, 0.3) is 0 Å². The summed E-state index contributed by atoms with van der Waals surface area (Å²) >= 11 is 0. The highest BCUT2D eigenvalue weighted by Crippen LogP contribution is 2.06.